The van der Waals surface area contributed by atoms with Crippen LogP contribution in [0.1, 0.15) is 11.7 Å². The zero-order chi connectivity index (χ0) is 10.4. The Labute approximate surface area is 88.8 Å². The highest BCUT2D eigenvalue weighted by Gasteiger charge is 2.08. The average Bonchev–Trinajstić information content (AvgIpc) is 2.25. The molecule has 0 bridgehead atoms. The largest absolute Gasteiger partial charge is 0.376 e. The molecule has 14 heavy (non-hydrogen) atoms. The number of aliphatic hydroxyl groups excluding tert-OH is 1. The summed E-state index contributed by atoms with van der Waals surface area (Å²) in [6.07, 6.45) is 6.18. The van der Waals surface area contributed by atoms with Crippen molar-refractivity contribution in [3.05, 3.63) is 42.5 Å². The van der Waals surface area contributed by atoms with Crippen molar-refractivity contribution in [1.29, 1.82) is 0 Å². The Morgan fingerprint density at radius 3 is 2.93 bits per heavy atom. The van der Waals surface area contributed by atoms with Gasteiger partial charge in [0.05, 0.1) is 0 Å². The molecule has 0 spiro atoms. The van der Waals surface area contributed by atoms with Crippen LogP contribution in [0.5, 0.6) is 0 Å². The second-order valence-electron chi connectivity index (χ2n) is 2.71. The second kappa shape index (κ2) is 5.54. The van der Waals surface area contributed by atoms with Gasteiger partial charge in [0.2, 0.25) is 0 Å². The van der Waals surface area contributed by atoms with Gasteiger partial charge in [-0.1, -0.05) is 30.2 Å². The van der Waals surface area contributed by atoms with Gasteiger partial charge in [0, 0.05) is 16.2 Å². The van der Waals surface area contributed by atoms with Crippen LogP contribution in [-0.4, -0.2) is 10.9 Å². The summed E-state index contributed by atoms with van der Waals surface area (Å²) in [7, 11) is 0. The lowest BCUT2D eigenvalue weighted by atomic mass is 10.1. The van der Waals surface area contributed by atoms with Gasteiger partial charge in [0.25, 0.3) is 0 Å². The van der Waals surface area contributed by atoms with E-state index >= 15 is 0 Å². The molecule has 72 valence electrons. The van der Waals surface area contributed by atoms with Crippen molar-refractivity contribution >= 4 is 11.8 Å². The van der Waals surface area contributed by atoms with Gasteiger partial charge < -0.3 is 5.11 Å². The average molecular weight is 204 g/mol. The zero-order valence-electron chi connectivity index (χ0n) is 7.81. The molecular formula is C12H12OS. The number of terminal acetylenes is 1. The standard InChI is InChI=1S/C12H12OS/c1-3-9-14-12-8-6-5-7-10(12)11(13)4-2/h2-3,5-8,11,13H,1,9H2. The third kappa shape index (κ3) is 2.66. The third-order valence-electron chi connectivity index (χ3n) is 1.73. The van der Waals surface area contributed by atoms with E-state index in [-0.39, 0.29) is 0 Å². The van der Waals surface area contributed by atoms with Gasteiger partial charge in [0.15, 0.2) is 0 Å². The van der Waals surface area contributed by atoms with E-state index in [1.807, 2.05) is 30.3 Å². The summed E-state index contributed by atoms with van der Waals surface area (Å²) >= 11 is 1.62. The van der Waals surface area contributed by atoms with Crippen LogP contribution >= 0.6 is 11.8 Å². The van der Waals surface area contributed by atoms with Crippen LogP contribution in [0.4, 0.5) is 0 Å². The molecule has 0 saturated carbocycles. The Morgan fingerprint density at radius 2 is 2.29 bits per heavy atom. The van der Waals surface area contributed by atoms with E-state index in [2.05, 4.69) is 12.5 Å². The van der Waals surface area contributed by atoms with Gasteiger partial charge >= 0.3 is 0 Å². The molecule has 0 aliphatic rings. The number of thioether (sulfide) groups is 1. The molecule has 0 saturated heterocycles. The first kappa shape index (κ1) is 10.9. The first-order valence-corrected chi connectivity index (χ1v) is 5.25. The van der Waals surface area contributed by atoms with E-state index in [0.717, 1.165) is 16.2 Å². The third-order valence-corrected chi connectivity index (χ3v) is 2.81. The predicted molar refractivity (Wildman–Crippen MR) is 61.2 cm³/mol. The topological polar surface area (TPSA) is 20.2 Å². The van der Waals surface area contributed by atoms with E-state index in [4.69, 9.17) is 6.42 Å². The van der Waals surface area contributed by atoms with E-state index in [9.17, 15) is 5.11 Å². The van der Waals surface area contributed by atoms with Crippen molar-refractivity contribution in [3.63, 3.8) is 0 Å². The molecule has 1 rings (SSSR count). The molecule has 1 aromatic rings. The normalized spacial score (nSPS) is 11.7. The molecule has 1 unspecified atom stereocenters. The fraction of sp³-hybridized carbons (Fsp3) is 0.167. The molecule has 1 aromatic carbocycles. The van der Waals surface area contributed by atoms with E-state index < -0.39 is 6.10 Å². The lowest BCUT2D eigenvalue weighted by Gasteiger charge is -2.09. The molecule has 0 aromatic heterocycles. The van der Waals surface area contributed by atoms with Gasteiger partial charge in [-0.15, -0.1) is 24.8 Å². The summed E-state index contributed by atoms with van der Waals surface area (Å²) < 4.78 is 0. The fourth-order valence-corrected chi connectivity index (χ4v) is 1.89. The summed E-state index contributed by atoms with van der Waals surface area (Å²) in [5.41, 5.74) is 0.793. The molecule has 2 heteroatoms. The quantitative estimate of drug-likeness (QED) is 0.462. The smallest absolute Gasteiger partial charge is 0.141 e. The molecule has 0 aliphatic carbocycles. The summed E-state index contributed by atoms with van der Waals surface area (Å²) in [4.78, 5) is 1.01. The molecule has 0 radical (unpaired) electrons. The van der Waals surface area contributed by atoms with Crippen LogP contribution in [-0.2, 0) is 0 Å². The maximum absolute atomic E-state index is 9.53. The second-order valence-corrected chi connectivity index (χ2v) is 3.77. The van der Waals surface area contributed by atoms with Crippen LogP contribution in [0.2, 0.25) is 0 Å². The number of rotatable bonds is 4. The summed E-state index contributed by atoms with van der Waals surface area (Å²) in [5, 5.41) is 9.53. The Kier molecular flexibility index (Phi) is 4.31. The maximum atomic E-state index is 9.53. The highest BCUT2D eigenvalue weighted by molar-refractivity contribution is 7.99. The molecule has 0 heterocycles. The molecule has 0 fully saturated rings. The number of hydrogen-bond acceptors (Lipinski definition) is 2. The molecular weight excluding hydrogens is 192 g/mol. The van der Waals surface area contributed by atoms with Crippen molar-refractivity contribution in [1.82, 2.24) is 0 Å². The lowest BCUT2D eigenvalue weighted by Crippen LogP contribution is -1.95. The van der Waals surface area contributed by atoms with Crippen molar-refractivity contribution in [2.45, 2.75) is 11.0 Å². The van der Waals surface area contributed by atoms with Crippen LogP contribution in [0.25, 0.3) is 0 Å². The summed E-state index contributed by atoms with van der Waals surface area (Å²) in [6, 6.07) is 7.59. The Hall–Kier alpha value is -1.17. The minimum atomic E-state index is -0.816. The summed E-state index contributed by atoms with van der Waals surface area (Å²) in [5.74, 6) is 3.13. The maximum Gasteiger partial charge on any atom is 0.141 e. The lowest BCUT2D eigenvalue weighted by molar-refractivity contribution is 0.235. The highest BCUT2D eigenvalue weighted by Crippen LogP contribution is 2.26. The van der Waals surface area contributed by atoms with Crippen molar-refractivity contribution in [2.75, 3.05) is 5.75 Å². The molecule has 1 atom stereocenters. The number of benzene rings is 1. The van der Waals surface area contributed by atoms with Crippen molar-refractivity contribution < 1.29 is 5.11 Å². The van der Waals surface area contributed by atoms with Crippen molar-refractivity contribution in [3.8, 4) is 12.3 Å². The van der Waals surface area contributed by atoms with Crippen LogP contribution in [0, 0.1) is 12.3 Å². The van der Waals surface area contributed by atoms with E-state index in [1.54, 1.807) is 11.8 Å². The first-order chi connectivity index (χ1) is 6.79. The fourth-order valence-electron chi connectivity index (χ4n) is 1.08. The van der Waals surface area contributed by atoms with Gasteiger partial charge in [-0.25, -0.2) is 0 Å². The van der Waals surface area contributed by atoms with Crippen molar-refractivity contribution in [2.24, 2.45) is 0 Å². The SMILES string of the molecule is C#CC(O)c1ccccc1SCC=C. The van der Waals surface area contributed by atoms with Crippen LogP contribution in [0.3, 0.4) is 0 Å². The Morgan fingerprint density at radius 1 is 1.57 bits per heavy atom. The van der Waals surface area contributed by atoms with Gasteiger partial charge in [0.1, 0.15) is 6.10 Å². The minimum absolute atomic E-state index is 0.793. The monoisotopic (exact) mass is 204 g/mol. The molecule has 1 N–H and O–H groups in total. The molecule has 1 nitrogen and oxygen atoms in total. The first-order valence-electron chi connectivity index (χ1n) is 4.26. The zero-order valence-corrected chi connectivity index (χ0v) is 8.63. The van der Waals surface area contributed by atoms with E-state index in [1.165, 1.54) is 0 Å². The number of aliphatic hydroxyl groups is 1. The van der Waals surface area contributed by atoms with Crippen LogP contribution in [0.15, 0.2) is 41.8 Å². The number of hydrogen-bond donors (Lipinski definition) is 1. The van der Waals surface area contributed by atoms with Gasteiger partial charge in [-0.05, 0) is 6.07 Å². The van der Waals surface area contributed by atoms with E-state index in [0.29, 0.717) is 0 Å². The Balaban J connectivity index is 2.91. The predicted octanol–water partition coefficient (Wildman–Crippen LogP) is 2.63. The van der Waals surface area contributed by atoms with Crippen LogP contribution < -0.4 is 0 Å². The molecule has 0 amide bonds. The van der Waals surface area contributed by atoms with Gasteiger partial charge in [-0.2, -0.15) is 0 Å². The summed E-state index contributed by atoms with van der Waals surface area (Å²) in [6.45, 7) is 3.65. The molecule has 0 aliphatic heterocycles. The van der Waals surface area contributed by atoms with Gasteiger partial charge in [-0.3, -0.25) is 0 Å². The minimum Gasteiger partial charge on any atom is -0.376 e. The highest BCUT2D eigenvalue weighted by atomic mass is 32.2. The Bertz CT molecular complexity index is 352.